The number of aliphatic hydroxyl groups is 1. The van der Waals surface area contributed by atoms with Crippen LogP contribution in [0.2, 0.25) is 0 Å². The summed E-state index contributed by atoms with van der Waals surface area (Å²) in [5, 5.41) is 15.0. The summed E-state index contributed by atoms with van der Waals surface area (Å²) in [7, 11) is 1.67. The van der Waals surface area contributed by atoms with E-state index >= 15 is 0 Å². The van der Waals surface area contributed by atoms with E-state index in [2.05, 4.69) is 42.6 Å². The standard InChI is InChI=1S/C28H35NO4/c1-4-33-26(31)25-24-18(2)6-5-7-21(24)22-12-13-27(16-28(22,25)14-23(27)30)17-29-15-19-8-10-20(32-3)11-9-19/h5-11,22-23,25,29-30H,4,12-17H2,1-3H3/t22-,23-,25-,27+,28-/m1/s1. The molecular weight excluding hydrogens is 414 g/mol. The number of methoxy groups -OCH3 is 1. The van der Waals surface area contributed by atoms with E-state index in [1.807, 2.05) is 19.1 Å². The van der Waals surface area contributed by atoms with Crippen molar-refractivity contribution >= 4 is 5.97 Å². The number of rotatable bonds is 7. The van der Waals surface area contributed by atoms with E-state index < -0.39 is 6.10 Å². The van der Waals surface area contributed by atoms with Gasteiger partial charge in [-0.05, 0) is 85.3 Å². The number of hydrogen-bond donors (Lipinski definition) is 2. The van der Waals surface area contributed by atoms with Crippen molar-refractivity contribution in [1.29, 1.82) is 0 Å². The minimum atomic E-state index is -0.419. The molecule has 2 fully saturated rings. The molecule has 0 aliphatic heterocycles. The highest BCUT2D eigenvalue weighted by atomic mass is 16.5. The highest BCUT2D eigenvalue weighted by Gasteiger charge is 2.68. The highest BCUT2D eigenvalue weighted by molar-refractivity contribution is 5.83. The number of aryl methyl sites for hydroxylation is 1. The van der Waals surface area contributed by atoms with Crippen molar-refractivity contribution in [3.63, 3.8) is 0 Å². The van der Waals surface area contributed by atoms with Gasteiger partial charge in [0.2, 0.25) is 0 Å². The molecule has 5 atom stereocenters. The second kappa shape index (κ2) is 8.44. The van der Waals surface area contributed by atoms with Crippen LogP contribution in [0.15, 0.2) is 42.5 Å². The Morgan fingerprint density at radius 1 is 1.21 bits per heavy atom. The molecule has 3 aliphatic rings. The van der Waals surface area contributed by atoms with Crippen LogP contribution >= 0.6 is 0 Å². The summed E-state index contributed by atoms with van der Waals surface area (Å²) in [5.74, 6) is 0.766. The summed E-state index contributed by atoms with van der Waals surface area (Å²) in [6.07, 6.45) is 3.09. The molecule has 0 saturated heterocycles. The first kappa shape index (κ1) is 22.4. The third-order valence-electron chi connectivity index (χ3n) is 8.67. The number of benzene rings is 2. The third-order valence-corrected chi connectivity index (χ3v) is 8.67. The minimum Gasteiger partial charge on any atom is -0.497 e. The van der Waals surface area contributed by atoms with Gasteiger partial charge in [0.05, 0.1) is 25.7 Å². The summed E-state index contributed by atoms with van der Waals surface area (Å²) < 4.78 is 10.9. The molecule has 33 heavy (non-hydrogen) atoms. The maximum atomic E-state index is 13.3. The zero-order valence-corrected chi connectivity index (χ0v) is 19.9. The molecule has 0 radical (unpaired) electrons. The molecule has 2 N–H and O–H groups in total. The van der Waals surface area contributed by atoms with Gasteiger partial charge < -0.3 is 19.9 Å². The Hall–Kier alpha value is -2.37. The lowest BCUT2D eigenvalue weighted by Gasteiger charge is -2.44. The van der Waals surface area contributed by atoms with Crippen LogP contribution in [0.3, 0.4) is 0 Å². The van der Waals surface area contributed by atoms with Gasteiger partial charge in [-0.25, -0.2) is 0 Å². The summed E-state index contributed by atoms with van der Waals surface area (Å²) >= 11 is 0. The van der Waals surface area contributed by atoms with Crippen LogP contribution in [0.25, 0.3) is 0 Å². The molecule has 2 aromatic rings. The first-order chi connectivity index (χ1) is 15.9. The molecule has 0 heterocycles. The summed E-state index contributed by atoms with van der Waals surface area (Å²) in [5.41, 5.74) is 4.37. The number of aliphatic hydroxyl groups excluding tert-OH is 1. The Balaban J connectivity index is 1.40. The second-order valence-electron chi connectivity index (χ2n) is 10.3. The van der Waals surface area contributed by atoms with Gasteiger partial charge in [-0.15, -0.1) is 0 Å². The van der Waals surface area contributed by atoms with Crippen molar-refractivity contribution in [3.8, 4) is 5.75 Å². The predicted octanol–water partition coefficient (Wildman–Crippen LogP) is 4.46. The van der Waals surface area contributed by atoms with Gasteiger partial charge in [-0.2, -0.15) is 0 Å². The Kier molecular flexibility index (Phi) is 5.74. The van der Waals surface area contributed by atoms with Crippen LogP contribution in [0.4, 0.5) is 0 Å². The van der Waals surface area contributed by atoms with E-state index in [1.54, 1.807) is 7.11 Å². The number of nitrogens with one attached hydrogen (secondary N) is 1. The minimum absolute atomic E-state index is 0.119. The van der Waals surface area contributed by atoms with Crippen molar-refractivity contribution in [3.05, 3.63) is 64.7 Å². The SMILES string of the molecule is CCOC(=O)[C@H]1c2c(C)cccc2[C@H]2CC[C@@]3(CNCc4ccc(OC)cc4)C[C@]21C[C@H]3O. The van der Waals surface area contributed by atoms with Gasteiger partial charge in [0.25, 0.3) is 0 Å². The molecule has 176 valence electrons. The summed E-state index contributed by atoms with van der Waals surface area (Å²) in [4.78, 5) is 13.3. The van der Waals surface area contributed by atoms with Crippen molar-refractivity contribution < 1.29 is 19.4 Å². The van der Waals surface area contributed by atoms with E-state index in [0.717, 1.165) is 43.7 Å². The van der Waals surface area contributed by atoms with Gasteiger partial charge in [0, 0.05) is 18.5 Å². The van der Waals surface area contributed by atoms with Gasteiger partial charge >= 0.3 is 5.97 Å². The zero-order chi connectivity index (χ0) is 23.2. The number of esters is 1. The fraction of sp³-hybridized carbons (Fsp3) is 0.536. The molecule has 2 aromatic carbocycles. The molecular formula is C28H35NO4. The largest absolute Gasteiger partial charge is 0.497 e. The topological polar surface area (TPSA) is 67.8 Å². The quantitative estimate of drug-likeness (QED) is 0.611. The Morgan fingerprint density at radius 2 is 2.00 bits per heavy atom. The maximum absolute atomic E-state index is 13.3. The van der Waals surface area contributed by atoms with Crippen molar-refractivity contribution in [2.45, 2.75) is 64.0 Å². The van der Waals surface area contributed by atoms with Crippen LogP contribution < -0.4 is 10.1 Å². The van der Waals surface area contributed by atoms with Crippen LogP contribution in [-0.2, 0) is 16.1 Å². The Morgan fingerprint density at radius 3 is 2.73 bits per heavy atom. The monoisotopic (exact) mass is 449 g/mol. The first-order valence-corrected chi connectivity index (χ1v) is 12.2. The van der Waals surface area contributed by atoms with Gasteiger partial charge in [-0.3, -0.25) is 4.79 Å². The fourth-order valence-corrected chi connectivity index (χ4v) is 7.28. The molecule has 5 heteroatoms. The van der Waals surface area contributed by atoms with Crippen LogP contribution in [0, 0.1) is 17.8 Å². The van der Waals surface area contributed by atoms with E-state index in [4.69, 9.17) is 9.47 Å². The van der Waals surface area contributed by atoms with Crippen LogP contribution in [0.5, 0.6) is 5.75 Å². The number of carbonyl (C=O) groups excluding carboxylic acids is 1. The van der Waals surface area contributed by atoms with E-state index in [-0.39, 0.29) is 22.7 Å². The molecule has 5 rings (SSSR count). The van der Waals surface area contributed by atoms with Crippen LogP contribution in [0.1, 0.15) is 66.7 Å². The average Bonchev–Trinajstić information content (AvgIpc) is 3.21. The van der Waals surface area contributed by atoms with E-state index in [1.165, 1.54) is 16.7 Å². The number of ether oxygens (including phenoxy) is 2. The maximum Gasteiger partial charge on any atom is 0.314 e. The molecule has 5 nitrogen and oxygen atoms in total. The smallest absolute Gasteiger partial charge is 0.314 e. The van der Waals surface area contributed by atoms with Gasteiger partial charge in [0.1, 0.15) is 5.75 Å². The number of fused-ring (bicyclic) bond motifs is 3. The third kappa shape index (κ3) is 3.48. The fourth-order valence-electron chi connectivity index (χ4n) is 7.28. The molecule has 2 bridgehead atoms. The van der Waals surface area contributed by atoms with Crippen molar-refractivity contribution in [2.75, 3.05) is 20.3 Å². The summed E-state index contributed by atoms with van der Waals surface area (Å²) in [6, 6.07) is 14.5. The molecule has 0 amide bonds. The lowest BCUT2D eigenvalue weighted by atomic mass is 9.60. The lowest BCUT2D eigenvalue weighted by Crippen LogP contribution is -2.43. The second-order valence-corrected chi connectivity index (χ2v) is 10.3. The number of hydrogen-bond acceptors (Lipinski definition) is 5. The molecule has 1 spiro atoms. The van der Waals surface area contributed by atoms with E-state index in [9.17, 15) is 9.90 Å². The van der Waals surface area contributed by atoms with Gasteiger partial charge in [-0.1, -0.05) is 30.3 Å². The molecule has 2 saturated carbocycles. The van der Waals surface area contributed by atoms with Gasteiger partial charge in [0.15, 0.2) is 0 Å². The first-order valence-electron chi connectivity index (χ1n) is 12.2. The van der Waals surface area contributed by atoms with E-state index in [0.29, 0.717) is 18.9 Å². The van der Waals surface area contributed by atoms with Crippen molar-refractivity contribution in [2.24, 2.45) is 10.8 Å². The zero-order valence-electron chi connectivity index (χ0n) is 19.9. The molecule has 0 unspecified atom stereocenters. The lowest BCUT2D eigenvalue weighted by molar-refractivity contribution is -0.149. The van der Waals surface area contributed by atoms with Crippen LogP contribution in [-0.4, -0.2) is 37.4 Å². The Bertz CT molecular complexity index is 1030. The molecule has 0 aromatic heterocycles. The average molecular weight is 450 g/mol. The normalized spacial score (nSPS) is 31.7. The Labute approximate surface area is 196 Å². The highest BCUT2D eigenvalue weighted by Crippen LogP contribution is 2.72. The molecule has 3 aliphatic carbocycles. The summed E-state index contributed by atoms with van der Waals surface area (Å²) in [6.45, 7) is 5.86. The predicted molar refractivity (Wildman–Crippen MR) is 127 cm³/mol. The number of carbonyl (C=O) groups is 1. The van der Waals surface area contributed by atoms with Crippen molar-refractivity contribution in [1.82, 2.24) is 5.32 Å².